The number of carbonyl (C=O) groups excluding carboxylic acids is 2. The van der Waals surface area contributed by atoms with Gasteiger partial charge in [-0.15, -0.1) is 0 Å². The second kappa shape index (κ2) is 13.4. The number of carboxylic acid groups (broad SMARTS) is 1. The maximum absolute atomic E-state index is 13.5. The molecule has 0 radical (unpaired) electrons. The van der Waals surface area contributed by atoms with Crippen LogP contribution < -0.4 is 4.31 Å². The van der Waals surface area contributed by atoms with E-state index in [0.29, 0.717) is 54.6 Å². The zero-order chi connectivity index (χ0) is 31.4. The van der Waals surface area contributed by atoms with Crippen LogP contribution in [-0.2, 0) is 26.0 Å². The topological polar surface area (TPSA) is 121 Å². The highest BCUT2D eigenvalue weighted by atomic mass is 35.5. The van der Waals surface area contributed by atoms with Gasteiger partial charge in [0.05, 0.1) is 23.8 Å². The van der Waals surface area contributed by atoms with E-state index in [1.807, 2.05) is 12.1 Å². The van der Waals surface area contributed by atoms with E-state index in [4.69, 9.17) is 27.9 Å². The number of Topliss-reactive ketones (excluding diaryl/α,β-unsaturated/α-hetero) is 1. The summed E-state index contributed by atoms with van der Waals surface area (Å²) in [6.07, 6.45) is 0.679. The van der Waals surface area contributed by atoms with Gasteiger partial charge in [-0.05, 0) is 65.2 Å². The Morgan fingerprint density at radius 1 is 0.886 bits per heavy atom. The molecular weight excluding hydrogens is 627 g/mol. The van der Waals surface area contributed by atoms with Crippen molar-refractivity contribution in [3.63, 3.8) is 0 Å². The number of hydrogen-bond donors (Lipinski definition) is 1. The summed E-state index contributed by atoms with van der Waals surface area (Å²) in [5.41, 5.74) is 2.06. The number of ketones is 1. The molecule has 4 aromatic carbocycles. The summed E-state index contributed by atoms with van der Waals surface area (Å²) in [6, 6.07) is 20.7. The summed E-state index contributed by atoms with van der Waals surface area (Å²) < 4.78 is 33.1. The fraction of sp³-hybridized carbons (Fsp3) is 0.219. The van der Waals surface area contributed by atoms with Gasteiger partial charge in [0.15, 0.2) is 5.78 Å². The first-order chi connectivity index (χ1) is 21.0. The zero-order valence-corrected chi connectivity index (χ0v) is 25.7. The average molecular weight is 656 g/mol. The van der Waals surface area contributed by atoms with Crippen molar-refractivity contribution in [1.29, 1.82) is 0 Å². The highest BCUT2D eigenvalue weighted by Gasteiger charge is 2.28. The number of sulfonamides is 1. The molecule has 1 amide bonds. The van der Waals surface area contributed by atoms with Crippen molar-refractivity contribution in [3.05, 3.63) is 106 Å². The third-order valence-electron chi connectivity index (χ3n) is 7.30. The minimum atomic E-state index is -4.36. The van der Waals surface area contributed by atoms with Crippen LogP contribution in [0.2, 0.25) is 10.0 Å². The Hall–Kier alpha value is -3.96. The van der Waals surface area contributed by atoms with E-state index in [0.717, 1.165) is 9.87 Å². The van der Waals surface area contributed by atoms with Gasteiger partial charge in [0.25, 0.3) is 15.9 Å². The number of aryl methyl sites for hydroxylation is 1. The number of carboxylic acids is 1. The fourth-order valence-corrected chi connectivity index (χ4v) is 7.20. The minimum Gasteiger partial charge on any atom is -0.480 e. The van der Waals surface area contributed by atoms with Crippen LogP contribution in [-0.4, -0.2) is 68.9 Å². The third kappa shape index (κ3) is 7.05. The lowest BCUT2D eigenvalue weighted by molar-refractivity contribution is -0.135. The maximum atomic E-state index is 13.5. The van der Waals surface area contributed by atoms with Crippen LogP contribution in [0, 0.1) is 0 Å². The Balaban J connectivity index is 1.35. The number of fused-ring (bicyclic) bond motifs is 1. The molecule has 1 N–H and O–H groups in total. The number of amides is 1. The fourth-order valence-electron chi connectivity index (χ4n) is 5.07. The standard InChI is InChI=1S/C32H28Cl2N2O7S/c33-24-17-25(34)19-27(18-24)44(41,42)36(20-31(38)39)26-9-10-28-23(16-26)2-1-3-29(28)30(37)11-6-21-4-7-22(8-5-21)32(40)35-12-14-43-15-13-35/h1-5,7-10,16-19H,6,11-15,20H2,(H,38,39). The molecule has 0 atom stereocenters. The first-order valence-electron chi connectivity index (χ1n) is 13.8. The molecule has 44 heavy (non-hydrogen) atoms. The Morgan fingerprint density at radius 3 is 2.23 bits per heavy atom. The van der Waals surface area contributed by atoms with Crippen LogP contribution in [0.25, 0.3) is 10.8 Å². The summed E-state index contributed by atoms with van der Waals surface area (Å²) in [5.74, 6) is -1.51. The highest BCUT2D eigenvalue weighted by molar-refractivity contribution is 7.92. The molecule has 0 spiro atoms. The van der Waals surface area contributed by atoms with Crippen molar-refractivity contribution in [2.45, 2.75) is 17.7 Å². The lowest BCUT2D eigenvalue weighted by atomic mass is 9.97. The second-order valence-electron chi connectivity index (χ2n) is 10.2. The number of carbonyl (C=O) groups is 3. The first kappa shape index (κ1) is 31.5. The lowest BCUT2D eigenvalue weighted by Gasteiger charge is -2.26. The molecule has 4 aromatic rings. The molecule has 9 nitrogen and oxygen atoms in total. The van der Waals surface area contributed by atoms with Crippen LogP contribution in [0.3, 0.4) is 0 Å². The molecule has 1 saturated heterocycles. The highest BCUT2D eigenvalue weighted by Crippen LogP contribution is 2.31. The number of benzene rings is 4. The molecule has 1 aliphatic heterocycles. The Bertz CT molecular complexity index is 1820. The van der Waals surface area contributed by atoms with Gasteiger partial charge in [-0.25, -0.2) is 8.42 Å². The Morgan fingerprint density at radius 2 is 1.57 bits per heavy atom. The Kier molecular flexibility index (Phi) is 9.55. The summed E-state index contributed by atoms with van der Waals surface area (Å²) in [6.45, 7) is 1.34. The van der Waals surface area contributed by atoms with E-state index in [-0.39, 0.29) is 38.7 Å². The van der Waals surface area contributed by atoms with Gasteiger partial charge in [0.1, 0.15) is 6.54 Å². The van der Waals surface area contributed by atoms with Gasteiger partial charge in [-0.3, -0.25) is 18.7 Å². The van der Waals surface area contributed by atoms with E-state index in [2.05, 4.69) is 0 Å². The van der Waals surface area contributed by atoms with Gasteiger partial charge >= 0.3 is 5.97 Å². The predicted molar refractivity (Wildman–Crippen MR) is 168 cm³/mol. The van der Waals surface area contributed by atoms with E-state index in [1.54, 1.807) is 41.3 Å². The number of rotatable bonds is 10. The second-order valence-corrected chi connectivity index (χ2v) is 13.0. The molecule has 5 rings (SSSR count). The molecule has 0 aliphatic carbocycles. The number of halogens is 2. The number of morpholine rings is 1. The molecule has 228 valence electrons. The average Bonchev–Trinajstić information content (AvgIpc) is 3.01. The molecule has 12 heteroatoms. The third-order valence-corrected chi connectivity index (χ3v) is 9.48. The molecule has 1 aliphatic rings. The van der Waals surface area contributed by atoms with Crippen LogP contribution in [0.4, 0.5) is 5.69 Å². The lowest BCUT2D eigenvalue weighted by Crippen LogP contribution is -2.40. The smallest absolute Gasteiger partial charge is 0.324 e. The van der Waals surface area contributed by atoms with Crippen molar-refractivity contribution in [2.75, 3.05) is 37.2 Å². The number of hydrogen-bond acceptors (Lipinski definition) is 6. The number of nitrogens with zero attached hydrogens (tertiary/aromatic N) is 2. The van der Waals surface area contributed by atoms with Crippen LogP contribution in [0.15, 0.2) is 83.8 Å². The summed E-state index contributed by atoms with van der Waals surface area (Å²) in [4.78, 5) is 39.2. The molecule has 0 unspecified atom stereocenters. The SMILES string of the molecule is O=C(O)CN(c1ccc2c(C(=O)CCc3ccc(C(=O)N4CCOCC4)cc3)cccc2c1)S(=O)(=O)c1cc(Cl)cc(Cl)c1. The molecule has 0 aromatic heterocycles. The van der Waals surface area contributed by atoms with E-state index < -0.39 is 22.5 Å². The largest absolute Gasteiger partial charge is 0.480 e. The van der Waals surface area contributed by atoms with E-state index in [9.17, 15) is 27.9 Å². The normalized spacial score (nSPS) is 13.5. The maximum Gasteiger partial charge on any atom is 0.324 e. The van der Waals surface area contributed by atoms with Crippen LogP contribution >= 0.6 is 23.2 Å². The van der Waals surface area contributed by atoms with Crippen molar-refractivity contribution < 1.29 is 32.6 Å². The molecule has 1 heterocycles. The molecule has 0 saturated carbocycles. The van der Waals surface area contributed by atoms with E-state index in [1.165, 1.54) is 30.3 Å². The van der Waals surface area contributed by atoms with Crippen molar-refractivity contribution in [2.24, 2.45) is 0 Å². The quantitative estimate of drug-likeness (QED) is 0.217. The first-order valence-corrected chi connectivity index (χ1v) is 15.9. The zero-order valence-electron chi connectivity index (χ0n) is 23.4. The van der Waals surface area contributed by atoms with Crippen molar-refractivity contribution >= 4 is 67.3 Å². The van der Waals surface area contributed by atoms with Gasteiger partial charge in [0, 0.05) is 40.7 Å². The Labute approximate surface area is 264 Å². The summed E-state index contributed by atoms with van der Waals surface area (Å²) in [7, 11) is -4.36. The molecular formula is C32H28Cl2N2O7S. The number of aliphatic carboxylic acids is 1. The van der Waals surface area contributed by atoms with E-state index >= 15 is 0 Å². The minimum absolute atomic E-state index is 0.0443. The monoisotopic (exact) mass is 654 g/mol. The van der Waals surface area contributed by atoms with Crippen molar-refractivity contribution in [1.82, 2.24) is 4.90 Å². The molecule has 0 bridgehead atoms. The number of ether oxygens (including phenoxy) is 1. The summed E-state index contributed by atoms with van der Waals surface area (Å²) >= 11 is 12.0. The predicted octanol–water partition coefficient (Wildman–Crippen LogP) is 5.71. The van der Waals surface area contributed by atoms with Crippen LogP contribution in [0.5, 0.6) is 0 Å². The van der Waals surface area contributed by atoms with Gasteiger partial charge in [-0.1, -0.05) is 59.6 Å². The van der Waals surface area contributed by atoms with Crippen LogP contribution in [0.1, 0.15) is 32.7 Å². The van der Waals surface area contributed by atoms with Gasteiger partial charge in [-0.2, -0.15) is 0 Å². The molecule has 1 fully saturated rings. The number of anilines is 1. The summed E-state index contributed by atoms with van der Waals surface area (Å²) in [5, 5.41) is 10.9. The van der Waals surface area contributed by atoms with Gasteiger partial charge in [0.2, 0.25) is 0 Å². The van der Waals surface area contributed by atoms with Crippen molar-refractivity contribution in [3.8, 4) is 0 Å². The van der Waals surface area contributed by atoms with Gasteiger partial charge < -0.3 is 14.7 Å².